The molecule has 2 rings (SSSR count). The maximum Gasteiger partial charge on any atom is 0.309 e. The van der Waals surface area contributed by atoms with Crippen molar-refractivity contribution < 1.29 is 9.53 Å². The topological polar surface area (TPSA) is 26.3 Å². The van der Waals surface area contributed by atoms with E-state index < -0.39 is 0 Å². The number of carbonyl (C=O) groups excluding carboxylic acids is 1. The molecule has 2 aliphatic rings. The van der Waals surface area contributed by atoms with Crippen molar-refractivity contribution in [3.05, 3.63) is 24.3 Å². The van der Waals surface area contributed by atoms with Crippen LogP contribution in [0, 0.1) is 17.3 Å². The first-order chi connectivity index (χ1) is 8.17. The van der Waals surface area contributed by atoms with Gasteiger partial charge in [0.2, 0.25) is 0 Å². The van der Waals surface area contributed by atoms with Crippen molar-refractivity contribution in [2.24, 2.45) is 17.3 Å². The van der Waals surface area contributed by atoms with Crippen LogP contribution in [0.3, 0.4) is 0 Å². The van der Waals surface area contributed by atoms with Gasteiger partial charge < -0.3 is 4.74 Å². The van der Waals surface area contributed by atoms with Gasteiger partial charge in [0.25, 0.3) is 0 Å². The molecule has 0 aromatic rings. The van der Waals surface area contributed by atoms with Gasteiger partial charge in [-0.25, -0.2) is 0 Å². The van der Waals surface area contributed by atoms with Gasteiger partial charge in [-0.2, -0.15) is 0 Å². The zero-order valence-electron chi connectivity index (χ0n) is 10.8. The lowest BCUT2D eigenvalue weighted by Gasteiger charge is -2.42. The van der Waals surface area contributed by atoms with Crippen LogP contribution >= 0.6 is 0 Å². The third-order valence-electron chi connectivity index (χ3n) is 4.27. The maximum absolute atomic E-state index is 11.9. The molecule has 2 heteroatoms. The molecule has 0 aliphatic heterocycles. The van der Waals surface area contributed by atoms with E-state index in [9.17, 15) is 4.79 Å². The molecule has 0 spiro atoms. The fraction of sp³-hybridized carbons (Fsp3) is 0.667. The summed E-state index contributed by atoms with van der Waals surface area (Å²) in [6.45, 7) is 2.28. The third-order valence-corrected chi connectivity index (χ3v) is 4.27. The number of ether oxygens (including phenoxy) is 1. The summed E-state index contributed by atoms with van der Waals surface area (Å²) in [5, 5.41) is 0. The summed E-state index contributed by atoms with van der Waals surface area (Å²) in [5.41, 5.74) is 0.133. The van der Waals surface area contributed by atoms with Crippen LogP contribution in [-0.2, 0) is 9.53 Å². The van der Waals surface area contributed by atoms with Gasteiger partial charge in [-0.3, -0.25) is 4.79 Å². The van der Waals surface area contributed by atoms with Gasteiger partial charge in [-0.05, 0) is 37.0 Å². The highest BCUT2D eigenvalue weighted by Crippen LogP contribution is 2.47. The molecule has 0 amide bonds. The number of esters is 1. The van der Waals surface area contributed by atoms with Gasteiger partial charge in [0.1, 0.15) is 0 Å². The second-order valence-electron chi connectivity index (χ2n) is 5.46. The number of hydrogen-bond donors (Lipinski definition) is 0. The second kappa shape index (κ2) is 5.07. The highest BCUT2D eigenvalue weighted by Gasteiger charge is 2.42. The Balaban J connectivity index is 2.29. The van der Waals surface area contributed by atoms with Crippen molar-refractivity contribution in [2.75, 3.05) is 7.11 Å². The predicted octanol–water partition coefficient (Wildman–Crippen LogP) is 3.49. The summed E-state index contributed by atoms with van der Waals surface area (Å²) in [5.74, 6) is 0.303. The lowest BCUT2D eigenvalue weighted by molar-refractivity contribution is -0.149. The summed E-state index contributed by atoms with van der Waals surface area (Å²) in [6, 6.07) is 0. The molecule has 94 valence electrons. The van der Waals surface area contributed by atoms with Crippen molar-refractivity contribution in [3.63, 3.8) is 0 Å². The molecule has 1 fully saturated rings. The Bertz CT molecular complexity index is 343. The first-order valence-electron chi connectivity index (χ1n) is 6.59. The molecule has 0 aromatic heterocycles. The highest BCUT2D eigenvalue weighted by molar-refractivity contribution is 5.73. The Morgan fingerprint density at radius 2 is 2.12 bits per heavy atom. The molecule has 0 N–H and O–H groups in total. The molecule has 3 atom stereocenters. The number of rotatable bonds is 1. The van der Waals surface area contributed by atoms with Crippen LogP contribution in [0.1, 0.15) is 39.0 Å². The molecule has 2 aliphatic carbocycles. The van der Waals surface area contributed by atoms with Crippen LogP contribution in [0.4, 0.5) is 0 Å². The first-order valence-corrected chi connectivity index (χ1v) is 6.59. The van der Waals surface area contributed by atoms with Gasteiger partial charge in [0.15, 0.2) is 0 Å². The molecule has 2 nitrogen and oxygen atoms in total. The summed E-state index contributed by atoms with van der Waals surface area (Å²) in [6.07, 6.45) is 14.5. The standard InChI is InChI=1S/C15H22O2/c1-15-10-6-4-3-5-9-13(15)12(8-7-11-15)14(16)17-2/h5-6,9-10,12-13H,3-4,7-8,11H2,1-2H3/b9-5-,10-6-/t12-,13+,15+/m0/s1. The largest absolute Gasteiger partial charge is 0.469 e. The summed E-state index contributed by atoms with van der Waals surface area (Å²) in [4.78, 5) is 11.9. The summed E-state index contributed by atoms with van der Waals surface area (Å²) < 4.78 is 4.96. The smallest absolute Gasteiger partial charge is 0.309 e. The van der Waals surface area contributed by atoms with Crippen molar-refractivity contribution in [3.8, 4) is 0 Å². The first kappa shape index (κ1) is 12.4. The third kappa shape index (κ3) is 2.46. The maximum atomic E-state index is 11.9. The fourth-order valence-corrected chi connectivity index (χ4v) is 3.26. The van der Waals surface area contributed by atoms with E-state index in [0.29, 0.717) is 5.92 Å². The Labute approximate surface area is 104 Å². The lowest BCUT2D eigenvalue weighted by atomic mass is 9.62. The van der Waals surface area contributed by atoms with Crippen LogP contribution in [0.2, 0.25) is 0 Å². The second-order valence-corrected chi connectivity index (χ2v) is 5.46. The van der Waals surface area contributed by atoms with Gasteiger partial charge >= 0.3 is 5.97 Å². The van der Waals surface area contributed by atoms with E-state index in [0.717, 1.165) is 25.7 Å². The van der Waals surface area contributed by atoms with E-state index in [-0.39, 0.29) is 17.3 Å². The molecule has 0 radical (unpaired) electrons. The number of hydrogen-bond acceptors (Lipinski definition) is 2. The van der Waals surface area contributed by atoms with E-state index in [1.54, 1.807) is 0 Å². The van der Waals surface area contributed by atoms with E-state index in [1.807, 2.05) is 0 Å². The number of allylic oxidation sites excluding steroid dienone is 4. The van der Waals surface area contributed by atoms with E-state index in [2.05, 4.69) is 31.2 Å². The van der Waals surface area contributed by atoms with Gasteiger partial charge in [0, 0.05) is 0 Å². The average molecular weight is 234 g/mol. The normalized spacial score (nSPS) is 40.6. The van der Waals surface area contributed by atoms with Crippen molar-refractivity contribution >= 4 is 5.97 Å². The summed E-state index contributed by atoms with van der Waals surface area (Å²) in [7, 11) is 1.50. The van der Waals surface area contributed by atoms with Gasteiger partial charge in [-0.15, -0.1) is 0 Å². The minimum atomic E-state index is -0.0421. The molecule has 1 saturated carbocycles. The van der Waals surface area contributed by atoms with Crippen LogP contribution in [-0.4, -0.2) is 13.1 Å². The Kier molecular flexibility index (Phi) is 3.70. The molecular formula is C15H22O2. The summed E-state index contributed by atoms with van der Waals surface area (Å²) >= 11 is 0. The molecule has 17 heavy (non-hydrogen) atoms. The predicted molar refractivity (Wildman–Crippen MR) is 68.5 cm³/mol. The highest BCUT2D eigenvalue weighted by atomic mass is 16.5. The fourth-order valence-electron chi connectivity index (χ4n) is 3.26. The zero-order valence-corrected chi connectivity index (χ0v) is 10.8. The molecule has 0 heterocycles. The van der Waals surface area contributed by atoms with E-state index in [4.69, 9.17) is 4.74 Å². The zero-order chi connectivity index (χ0) is 12.3. The minimum Gasteiger partial charge on any atom is -0.469 e. The van der Waals surface area contributed by atoms with E-state index in [1.165, 1.54) is 13.5 Å². The van der Waals surface area contributed by atoms with Gasteiger partial charge in [0.05, 0.1) is 13.0 Å². The average Bonchev–Trinajstić information content (AvgIpc) is 2.31. The van der Waals surface area contributed by atoms with Crippen LogP contribution in [0.25, 0.3) is 0 Å². The number of methoxy groups -OCH3 is 1. The monoisotopic (exact) mass is 234 g/mol. The van der Waals surface area contributed by atoms with Crippen molar-refractivity contribution in [1.82, 2.24) is 0 Å². The Hall–Kier alpha value is -1.05. The van der Waals surface area contributed by atoms with Crippen LogP contribution in [0.5, 0.6) is 0 Å². The Morgan fingerprint density at radius 3 is 2.88 bits per heavy atom. The molecular weight excluding hydrogens is 212 g/mol. The van der Waals surface area contributed by atoms with Crippen molar-refractivity contribution in [1.29, 1.82) is 0 Å². The molecule has 0 unspecified atom stereocenters. The minimum absolute atomic E-state index is 0.0396. The van der Waals surface area contributed by atoms with Gasteiger partial charge in [-0.1, -0.05) is 37.6 Å². The molecule has 0 bridgehead atoms. The van der Waals surface area contributed by atoms with Crippen molar-refractivity contribution in [2.45, 2.75) is 39.0 Å². The van der Waals surface area contributed by atoms with Crippen LogP contribution in [0.15, 0.2) is 24.3 Å². The quantitative estimate of drug-likeness (QED) is 0.513. The number of carbonyl (C=O) groups is 1. The molecule has 0 aromatic carbocycles. The molecule has 0 saturated heterocycles. The SMILES string of the molecule is COC(=O)[C@H]1CCC[C@@]2(C)/C=C\CC/C=C\[C@H]12. The van der Waals surface area contributed by atoms with E-state index >= 15 is 0 Å². The van der Waals surface area contributed by atoms with Crippen LogP contribution < -0.4 is 0 Å². The lowest BCUT2D eigenvalue weighted by Crippen LogP contribution is -2.39. The number of fused-ring (bicyclic) bond motifs is 1. The Morgan fingerprint density at radius 1 is 1.35 bits per heavy atom.